The lowest BCUT2D eigenvalue weighted by atomic mass is 9.83. The van der Waals surface area contributed by atoms with E-state index in [4.69, 9.17) is 9.73 Å². The third-order valence-electron chi connectivity index (χ3n) is 7.54. The number of rotatable bonds is 5. The molecule has 7 heteroatoms. The second-order valence-electron chi connectivity index (χ2n) is 10.1. The highest BCUT2D eigenvalue weighted by Crippen LogP contribution is 2.41. The molecule has 4 nitrogen and oxygen atoms in total. The van der Waals surface area contributed by atoms with E-state index in [1.54, 1.807) is 0 Å². The molecule has 0 N–H and O–H groups in total. The molecule has 1 aliphatic carbocycles. The minimum absolute atomic E-state index is 0.0434. The van der Waals surface area contributed by atoms with Gasteiger partial charge in [0.2, 0.25) is 0 Å². The Hall–Kier alpha value is -3.52. The Morgan fingerprint density at radius 3 is 2.46 bits per heavy atom. The number of allylic oxidation sites excluding steroid dienone is 1. The number of benzene rings is 4. The van der Waals surface area contributed by atoms with Gasteiger partial charge >= 0.3 is 0 Å². The topological polar surface area (TPSA) is 43.6 Å². The second kappa shape index (κ2) is 11.0. The highest BCUT2D eigenvalue weighted by atomic mass is 79.9. The van der Waals surface area contributed by atoms with Gasteiger partial charge in [0.15, 0.2) is 4.80 Å². The molecule has 1 aliphatic heterocycles. The molecule has 0 saturated heterocycles. The van der Waals surface area contributed by atoms with E-state index in [1.807, 2.05) is 71.3 Å². The molecule has 0 amide bonds. The first-order valence-corrected chi connectivity index (χ1v) is 15.8. The summed E-state index contributed by atoms with van der Waals surface area (Å²) in [7, 11) is 0. The summed E-state index contributed by atoms with van der Waals surface area (Å²) in [5, 5.41) is 0. The highest BCUT2D eigenvalue weighted by molar-refractivity contribution is 9.11. The molecular weight excluding hydrogens is 660 g/mol. The number of fused-ring (bicyclic) bond motifs is 3. The molecule has 41 heavy (non-hydrogen) atoms. The van der Waals surface area contributed by atoms with E-state index in [2.05, 4.69) is 68.3 Å². The van der Waals surface area contributed by atoms with Crippen LogP contribution in [-0.2, 0) is 13.0 Å². The summed E-state index contributed by atoms with van der Waals surface area (Å²) in [4.78, 5) is 20.0. The van der Waals surface area contributed by atoms with E-state index in [0.717, 1.165) is 44.2 Å². The van der Waals surface area contributed by atoms with Gasteiger partial charge in [-0.2, -0.15) is 0 Å². The predicted octanol–water partition coefficient (Wildman–Crippen LogP) is 7.42. The van der Waals surface area contributed by atoms with Gasteiger partial charge in [-0.3, -0.25) is 9.36 Å². The molecule has 0 unspecified atom stereocenters. The van der Waals surface area contributed by atoms with Crippen molar-refractivity contribution in [2.45, 2.75) is 25.5 Å². The number of halogens is 2. The smallest absolute Gasteiger partial charge is 0.271 e. The Morgan fingerprint density at radius 2 is 1.66 bits per heavy atom. The number of hydrogen-bond acceptors (Lipinski definition) is 4. The van der Waals surface area contributed by atoms with Crippen molar-refractivity contribution in [2.75, 3.05) is 0 Å². The van der Waals surface area contributed by atoms with E-state index in [-0.39, 0.29) is 11.6 Å². The maximum Gasteiger partial charge on any atom is 0.271 e. The molecule has 0 bridgehead atoms. The molecule has 0 saturated carbocycles. The summed E-state index contributed by atoms with van der Waals surface area (Å²) < 4.78 is 10.5. The Bertz CT molecular complexity index is 2000. The van der Waals surface area contributed by atoms with Crippen LogP contribution in [0.5, 0.6) is 5.75 Å². The SMILES string of the molecule is O=c1/c(=C\c2cc(Br)cc(Br)c2OCc2ccccc2)sc2n1[C@H](c1ccccc1)C1=C(N=2)c2ccccc2CC1. The Balaban J connectivity index is 1.40. The number of hydrogen-bond donors (Lipinski definition) is 0. The molecule has 2 aliphatic rings. The zero-order valence-electron chi connectivity index (χ0n) is 21.9. The van der Waals surface area contributed by atoms with Gasteiger partial charge in [-0.05, 0) is 69.2 Å². The minimum atomic E-state index is -0.194. The van der Waals surface area contributed by atoms with Gasteiger partial charge in [0.1, 0.15) is 12.4 Å². The predicted molar refractivity (Wildman–Crippen MR) is 172 cm³/mol. The maximum atomic E-state index is 14.2. The van der Waals surface area contributed by atoms with Crippen molar-refractivity contribution in [2.24, 2.45) is 4.99 Å². The van der Waals surface area contributed by atoms with Gasteiger partial charge in [0.25, 0.3) is 5.56 Å². The minimum Gasteiger partial charge on any atom is -0.487 e. The van der Waals surface area contributed by atoms with Crippen molar-refractivity contribution >= 4 is 55.0 Å². The number of aryl methyl sites for hydroxylation is 1. The molecular formula is C34H24Br2N2O2S. The fraction of sp³-hybridized carbons (Fsp3) is 0.118. The van der Waals surface area contributed by atoms with Crippen molar-refractivity contribution in [3.63, 3.8) is 0 Å². The molecule has 0 fully saturated rings. The summed E-state index contributed by atoms with van der Waals surface area (Å²) in [5.74, 6) is 0.690. The Morgan fingerprint density at radius 1 is 0.927 bits per heavy atom. The average Bonchev–Trinajstić information content (AvgIpc) is 3.30. The van der Waals surface area contributed by atoms with Crippen LogP contribution in [0.1, 0.15) is 40.3 Å². The Kier molecular flexibility index (Phi) is 7.11. The summed E-state index contributed by atoms with van der Waals surface area (Å²) in [6, 6.07) is 32.6. The number of thiazole rings is 1. The lowest BCUT2D eigenvalue weighted by molar-refractivity contribution is 0.303. The van der Waals surface area contributed by atoms with Crippen LogP contribution in [0.2, 0.25) is 0 Å². The van der Waals surface area contributed by atoms with Gasteiger partial charge < -0.3 is 4.74 Å². The molecule has 0 radical (unpaired) electrons. The van der Waals surface area contributed by atoms with E-state index in [0.29, 0.717) is 21.7 Å². The quantitative estimate of drug-likeness (QED) is 0.194. The molecule has 202 valence electrons. The van der Waals surface area contributed by atoms with Crippen LogP contribution < -0.4 is 19.6 Å². The van der Waals surface area contributed by atoms with Crippen molar-refractivity contribution in [1.29, 1.82) is 0 Å². The van der Waals surface area contributed by atoms with Crippen LogP contribution in [-0.4, -0.2) is 4.57 Å². The monoisotopic (exact) mass is 682 g/mol. The van der Waals surface area contributed by atoms with Crippen LogP contribution in [0.3, 0.4) is 0 Å². The zero-order valence-corrected chi connectivity index (χ0v) is 25.9. The molecule has 0 spiro atoms. The third kappa shape index (κ3) is 4.96. The van der Waals surface area contributed by atoms with Crippen molar-refractivity contribution < 1.29 is 4.74 Å². The highest BCUT2D eigenvalue weighted by Gasteiger charge is 2.32. The third-order valence-corrected chi connectivity index (χ3v) is 9.57. The van der Waals surface area contributed by atoms with Crippen molar-refractivity contribution in [3.8, 4) is 5.75 Å². The summed E-state index contributed by atoms with van der Waals surface area (Å²) in [6.07, 6.45) is 3.74. The number of nitrogens with zero attached hydrogens (tertiary/aromatic N) is 2. The number of aromatic nitrogens is 1. The summed E-state index contributed by atoms with van der Waals surface area (Å²) >= 11 is 8.72. The second-order valence-corrected chi connectivity index (χ2v) is 12.9. The lowest BCUT2D eigenvalue weighted by Crippen LogP contribution is -2.38. The van der Waals surface area contributed by atoms with Crippen LogP contribution in [0.15, 0.2) is 121 Å². The first-order valence-electron chi connectivity index (χ1n) is 13.4. The first-order chi connectivity index (χ1) is 20.1. The number of ether oxygens (including phenoxy) is 1. The average molecular weight is 684 g/mol. The fourth-order valence-corrected chi connectivity index (χ4v) is 8.03. The zero-order chi connectivity index (χ0) is 27.9. The van der Waals surface area contributed by atoms with Crippen LogP contribution in [0, 0.1) is 0 Å². The van der Waals surface area contributed by atoms with Crippen molar-refractivity contribution in [1.82, 2.24) is 4.57 Å². The van der Waals surface area contributed by atoms with Gasteiger partial charge in [-0.25, -0.2) is 4.99 Å². The van der Waals surface area contributed by atoms with E-state index >= 15 is 0 Å². The largest absolute Gasteiger partial charge is 0.487 e. The van der Waals surface area contributed by atoms with E-state index in [1.165, 1.54) is 28.0 Å². The van der Waals surface area contributed by atoms with Crippen molar-refractivity contribution in [3.05, 3.63) is 159 Å². The molecule has 1 aromatic heterocycles. The van der Waals surface area contributed by atoms with Crippen LogP contribution >= 0.6 is 43.2 Å². The van der Waals surface area contributed by atoms with E-state index in [9.17, 15) is 4.79 Å². The van der Waals surface area contributed by atoms with Gasteiger partial charge in [0.05, 0.1) is 20.7 Å². The van der Waals surface area contributed by atoms with E-state index < -0.39 is 0 Å². The lowest BCUT2D eigenvalue weighted by Gasteiger charge is -2.30. The fourth-order valence-electron chi connectivity index (χ4n) is 5.67. The first kappa shape index (κ1) is 26.4. The molecule has 4 aromatic carbocycles. The molecule has 7 rings (SSSR count). The van der Waals surface area contributed by atoms with Gasteiger partial charge in [-0.1, -0.05) is 112 Å². The summed E-state index contributed by atoms with van der Waals surface area (Å²) in [5.41, 5.74) is 7.62. The summed E-state index contributed by atoms with van der Waals surface area (Å²) in [6.45, 7) is 0.420. The van der Waals surface area contributed by atoms with Crippen LogP contribution in [0.25, 0.3) is 11.8 Å². The molecule has 5 aromatic rings. The molecule has 2 heterocycles. The molecule has 1 atom stereocenters. The van der Waals surface area contributed by atoms with Gasteiger partial charge in [0, 0.05) is 15.6 Å². The van der Waals surface area contributed by atoms with Gasteiger partial charge in [-0.15, -0.1) is 0 Å². The Labute approximate surface area is 258 Å². The van der Waals surface area contributed by atoms with Crippen LogP contribution in [0.4, 0.5) is 0 Å². The normalized spacial score (nSPS) is 16.0. The standard InChI is InChI=1S/C34H24Br2N2O2S/c35-25-17-24(32(28(36)19-25)40-20-21-9-3-1-4-10-21)18-29-33(39)38-31(23-12-5-2-6-13-23)27-16-15-22-11-7-8-14-26(22)30(27)37-34(38)41-29/h1-14,17-19,31H,15-16,20H2/b29-18+/t31-/m1/s1. The maximum absolute atomic E-state index is 14.2.